The van der Waals surface area contributed by atoms with Crippen LogP contribution in [0.5, 0.6) is 0 Å². The molecule has 0 aliphatic carbocycles. The van der Waals surface area contributed by atoms with E-state index < -0.39 is 0 Å². The lowest BCUT2D eigenvalue weighted by Crippen LogP contribution is -2.19. The van der Waals surface area contributed by atoms with E-state index in [0.717, 1.165) is 45.3 Å². The number of hydrogen-bond acceptors (Lipinski definition) is 3. The second kappa shape index (κ2) is 12.1. The predicted molar refractivity (Wildman–Crippen MR) is 62.6 cm³/mol. The van der Waals surface area contributed by atoms with Gasteiger partial charge in [0.1, 0.15) is 0 Å². The van der Waals surface area contributed by atoms with Crippen molar-refractivity contribution in [3.8, 4) is 0 Å². The summed E-state index contributed by atoms with van der Waals surface area (Å²) < 4.78 is 21.5. The maximum absolute atomic E-state index is 10.4. The van der Waals surface area contributed by atoms with Gasteiger partial charge in [-0.2, -0.15) is 0 Å². The third-order valence-electron chi connectivity index (χ3n) is 2.06. The Kier molecular flexibility index (Phi) is 12.1. The molecule has 0 saturated heterocycles. The summed E-state index contributed by atoms with van der Waals surface area (Å²) in [6, 6.07) is 0. The van der Waals surface area contributed by atoms with Gasteiger partial charge in [0.25, 0.3) is 0 Å². The molecule has 0 amide bonds. The quantitative estimate of drug-likeness (QED) is 0.311. The van der Waals surface area contributed by atoms with Gasteiger partial charge in [-0.05, 0) is 12.8 Å². The number of rotatable bonds is 11. The average molecular weight is 234 g/mol. The normalized spacial score (nSPS) is 11.4. The Morgan fingerprint density at radius 3 is 2.00 bits per heavy atom. The van der Waals surface area contributed by atoms with Crippen LogP contribution in [0.1, 0.15) is 46.0 Å². The van der Waals surface area contributed by atoms with Crippen molar-refractivity contribution < 1.29 is 14.0 Å². The zero-order valence-corrected chi connectivity index (χ0v) is 10.8. The zero-order chi connectivity index (χ0) is 11.4. The van der Waals surface area contributed by atoms with E-state index in [2.05, 4.69) is 13.8 Å². The zero-order valence-electron chi connectivity index (χ0n) is 9.91. The summed E-state index contributed by atoms with van der Waals surface area (Å²) in [5.74, 6) is 0. The van der Waals surface area contributed by atoms with Crippen LogP contribution in [0.15, 0.2) is 0 Å². The number of unbranched alkanes of at least 4 members (excludes halogenated alkanes) is 2. The molecule has 4 heteroatoms. The highest BCUT2D eigenvalue weighted by molar-refractivity contribution is 7.23. The highest BCUT2D eigenvalue weighted by Gasteiger charge is 2.08. The molecule has 0 aliphatic heterocycles. The van der Waals surface area contributed by atoms with Crippen molar-refractivity contribution in [2.75, 3.05) is 19.4 Å². The van der Waals surface area contributed by atoms with Gasteiger partial charge in [0, 0.05) is 25.8 Å². The van der Waals surface area contributed by atoms with E-state index >= 15 is 0 Å². The summed E-state index contributed by atoms with van der Waals surface area (Å²) in [6.45, 7) is 5.74. The molecule has 3 nitrogen and oxygen atoms in total. The first-order chi connectivity index (χ1) is 7.35. The molecule has 90 valence electrons. The lowest BCUT2D eigenvalue weighted by Gasteiger charge is -2.17. The fourth-order valence-corrected chi connectivity index (χ4v) is 1.41. The van der Waals surface area contributed by atoms with Crippen LogP contribution in [0.25, 0.3) is 0 Å². The summed E-state index contributed by atoms with van der Waals surface area (Å²) in [4.78, 5) is 0. The Morgan fingerprint density at radius 2 is 1.60 bits per heavy atom. The van der Waals surface area contributed by atoms with Crippen molar-refractivity contribution in [3.05, 3.63) is 0 Å². The van der Waals surface area contributed by atoms with E-state index in [1.54, 1.807) is 0 Å². The molecule has 0 bridgehead atoms. The van der Waals surface area contributed by atoms with Crippen molar-refractivity contribution in [2.45, 2.75) is 52.2 Å². The maximum atomic E-state index is 10.4. The molecule has 15 heavy (non-hydrogen) atoms. The monoisotopic (exact) mass is 234 g/mol. The van der Waals surface area contributed by atoms with Gasteiger partial charge in [-0.15, -0.1) is 0 Å². The minimum absolute atomic E-state index is 0.162. The van der Waals surface area contributed by atoms with Crippen LogP contribution in [0.4, 0.5) is 0 Å². The third-order valence-corrected chi connectivity index (χ3v) is 2.50. The summed E-state index contributed by atoms with van der Waals surface area (Å²) in [5, 5.41) is 0. The van der Waals surface area contributed by atoms with Gasteiger partial charge < -0.3 is 9.47 Å². The molecule has 0 atom stereocenters. The van der Waals surface area contributed by atoms with Crippen molar-refractivity contribution in [1.82, 2.24) is 0 Å². The van der Waals surface area contributed by atoms with Gasteiger partial charge in [0.05, 0.1) is 0 Å². The van der Waals surface area contributed by atoms with Gasteiger partial charge in [-0.1, -0.05) is 26.7 Å². The van der Waals surface area contributed by atoms with Crippen LogP contribution in [-0.2, 0) is 14.0 Å². The predicted octanol–water partition coefficient (Wildman–Crippen LogP) is 3.63. The molecule has 0 N–H and O–H groups in total. The fraction of sp³-hybridized carbons (Fsp3) is 1.00. The van der Waals surface area contributed by atoms with Crippen LogP contribution in [0, 0.1) is 0 Å². The van der Waals surface area contributed by atoms with Crippen molar-refractivity contribution in [2.24, 2.45) is 0 Å². The molecule has 0 rings (SSSR count). The fourth-order valence-electron chi connectivity index (χ4n) is 1.09. The van der Waals surface area contributed by atoms with Crippen LogP contribution in [0.3, 0.4) is 0 Å². The van der Waals surface area contributed by atoms with Crippen molar-refractivity contribution in [3.63, 3.8) is 0 Å². The van der Waals surface area contributed by atoms with Crippen LogP contribution >= 0.6 is 8.46 Å². The summed E-state index contributed by atoms with van der Waals surface area (Å²) in [6.07, 6.45) is 5.54. The Balaban J connectivity index is 3.57. The minimum atomic E-state index is -0.162. The van der Waals surface area contributed by atoms with Gasteiger partial charge in [0.15, 0.2) is 14.8 Å². The van der Waals surface area contributed by atoms with Crippen LogP contribution in [0.2, 0.25) is 0 Å². The molecule has 0 fully saturated rings. The SMILES string of the molecule is CCCCOC(CCP=O)OCCCC. The van der Waals surface area contributed by atoms with Crippen molar-refractivity contribution >= 4 is 8.46 Å². The molecular weight excluding hydrogens is 211 g/mol. The molecule has 0 aliphatic rings. The number of hydrogen-bond donors (Lipinski definition) is 0. The topological polar surface area (TPSA) is 35.5 Å². The van der Waals surface area contributed by atoms with E-state index in [9.17, 15) is 4.57 Å². The third kappa shape index (κ3) is 10.3. The van der Waals surface area contributed by atoms with Gasteiger partial charge >= 0.3 is 0 Å². The Labute approximate surface area is 94.7 Å². The highest BCUT2D eigenvalue weighted by atomic mass is 31.1. The van der Waals surface area contributed by atoms with Gasteiger partial charge in [0.2, 0.25) is 0 Å². The molecule has 0 aromatic carbocycles. The number of ether oxygens (including phenoxy) is 2. The van der Waals surface area contributed by atoms with E-state index in [0.29, 0.717) is 6.16 Å². The second-order valence-corrected chi connectivity index (χ2v) is 4.23. The summed E-state index contributed by atoms with van der Waals surface area (Å²) in [7, 11) is 0.175. The molecule has 0 spiro atoms. The Morgan fingerprint density at radius 1 is 1.07 bits per heavy atom. The molecule has 0 radical (unpaired) electrons. The van der Waals surface area contributed by atoms with E-state index in [1.165, 1.54) is 0 Å². The molecule has 0 saturated carbocycles. The molecule has 0 heterocycles. The van der Waals surface area contributed by atoms with E-state index in [-0.39, 0.29) is 14.8 Å². The largest absolute Gasteiger partial charge is 0.353 e. The maximum Gasteiger partial charge on any atom is 0.158 e. The Hall–Kier alpha value is 0.0200. The highest BCUT2D eigenvalue weighted by Crippen LogP contribution is 2.08. The van der Waals surface area contributed by atoms with Crippen molar-refractivity contribution in [1.29, 1.82) is 0 Å². The molecule has 0 aromatic rings. The minimum Gasteiger partial charge on any atom is -0.353 e. The lowest BCUT2D eigenvalue weighted by atomic mass is 10.3. The lowest BCUT2D eigenvalue weighted by molar-refractivity contribution is -0.144. The summed E-state index contributed by atoms with van der Waals surface area (Å²) >= 11 is 0. The molecular formula is C11H23O3P. The standard InChI is InChI=1S/C11H23O3P/c1-3-5-8-13-11(7-10-15-12)14-9-6-4-2/h11H,3-10H2,1-2H3. The van der Waals surface area contributed by atoms with Gasteiger partial charge in [-0.25, -0.2) is 0 Å². The smallest absolute Gasteiger partial charge is 0.158 e. The molecule has 0 unspecified atom stereocenters. The van der Waals surface area contributed by atoms with E-state index in [1.807, 2.05) is 0 Å². The van der Waals surface area contributed by atoms with Gasteiger partial charge in [-0.3, -0.25) is 4.57 Å². The van der Waals surface area contributed by atoms with Crippen LogP contribution < -0.4 is 0 Å². The van der Waals surface area contributed by atoms with Crippen LogP contribution in [-0.4, -0.2) is 25.7 Å². The average Bonchev–Trinajstić information content (AvgIpc) is 2.25. The second-order valence-electron chi connectivity index (χ2n) is 3.52. The first-order valence-corrected chi connectivity index (χ1v) is 6.87. The first-order valence-electron chi connectivity index (χ1n) is 5.87. The molecule has 0 aromatic heterocycles. The first kappa shape index (κ1) is 15.0. The van der Waals surface area contributed by atoms with E-state index in [4.69, 9.17) is 9.47 Å². The Bertz CT molecular complexity index is 132. The summed E-state index contributed by atoms with van der Waals surface area (Å²) in [5.41, 5.74) is 0.